The Morgan fingerprint density at radius 2 is 1.83 bits per heavy atom. The molecule has 0 aliphatic heterocycles. The fourth-order valence-corrected chi connectivity index (χ4v) is 2.82. The number of nitrogens with zero attached hydrogens (tertiary/aromatic N) is 4. The van der Waals surface area contributed by atoms with E-state index in [0.29, 0.717) is 21.9 Å². The summed E-state index contributed by atoms with van der Waals surface area (Å²) in [6, 6.07) is 14.0. The molecule has 0 radical (unpaired) electrons. The van der Waals surface area contributed by atoms with Crippen LogP contribution in [0.25, 0.3) is 10.9 Å². The molecule has 30 heavy (non-hydrogen) atoms. The summed E-state index contributed by atoms with van der Waals surface area (Å²) in [4.78, 5) is 28.7. The Labute approximate surface area is 174 Å². The zero-order valence-corrected chi connectivity index (χ0v) is 16.1. The second kappa shape index (κ2) is 8.26. The number of esters is 1. The molecule has 0 aliphatic rings. The highest BCUT2D eigenvalue weighted by Gasteiger charge is 2.12. The van der Waals surface area contributed by atoms with Crippen LogP contribution >= 0.6 is 11.6 Å². The van der Waals surface area contributed by atoms with Crippen LogP contribution in [0.4, 0.5) is 22.0 Å². The van der Waals surface area contributed by atoms with E-state index in [-0.39, 0.29) is 30.1 Å². The first kappa shape index (κ1) is 19.5. The standard InChI is InChI=1S/C20H14ClFN6O2/c21-16-8-2-11-9-12(1-7-15(11)25-16)18(29)30-10-17-26-19(23)28-20(27-17)24-14-5-3-13(22)4-6-14/h1-9H,10H2,(H3,23,24,26,27,28). The highest BCUT2D eigenvalue weighted by molar-refractivity contribution is 6.29. The van der Waals surface area contributed by atoms with Crippen LogP contribution in [-0.4, -0.2) is 25.9 Å². The van der Waals surface area contributed by atoms with Crippen molar-refractivity contribution in [2.75, 3.05) is 11.1 Å². The molecule has 2 aromatic carbocycles. The van der Waals surface area contributed by atoms with E-state index in [2.05, 4.69) is 25.3 Å². The van der Waals surface area contributed by atoms with Gasteiger partial charge in [-0.15, -0.1) is 0 Å². The number of carbonyl (C=O) groups is 1. The van der Waals surface area contributed by atoms with Crippen LogP contribution in [0.5, 0.6) is 0 Å². The molecule has 4 rings (SSSR count). The Morgan fingerprint density at radius 3 is 2.63 bits per heavy atom. The van der Waals surface area contributed by atoms with Gasteiger partial charge in [0.05, 0.1) is 11.1 Å². The predicted octanol–water partition coefficient (Wildman–Crippen LogP) is 3.90. The van der Waals surface area contributed by atoms with Gasteiger partial charge in [0, 0.05) is 11.1 Å². The van der Waals surface area contributed by atoms with Crippen LogP contribution < -0.4 is 11.1 Å². The number of carbonyl (C=O) groups excluding carboxylic acids is 1. The number of aromatic nitrogens is 4. The molecule has 0 bridgehead atoms. The lowest BCUT2D eigenvalue weighted by atomic mass is 10.1. The van der Waals surface area contributed by atoms with Crippen molar-refractivity contribution >= 4 is 46.1 Å². The average molecular weight is 425 g/mol. The summed E-state index contributed by atoms with van der Waals surface area (Å²) in [5.74, 6) is -0.660. The van der Waals surface area contributed by atoms with E-state index in [1.165, 1.54) is 24.3 Å². The largest absolute Gasteiger partial charge is 0.454 e. The molecule has 0 saturated carbocycles. The van der Waals surface area contributed by atoms with E-state index in [9.17, 15) is 9.18 Å². The minimum atomic E-state index is -0.557. The lowest BCUT2D eigenvalue weighted by molar-refractivity contribution is 0.0462. The molecule has 8 nitrogen and oxygen atoms in total. The molecular weight excluding hydrogens is 411 g/mol. The maximum atomic E-state index is 13.0. The fraction of sp³-hybridized carbons (Fsp3) is 0.0500. The highest BCUT2D eigenvalue weighted by Crippen LogP contribution is 2.18. The average Bonchev–Trinajstić information content (AvgIpc) is 2.73. The van der Waals surface area contributed by atoms with Crippen molar-refractivity contribution in [3.63, 3.8) is 0 Å². The third-order valence-corrected chi connectivity index (χ3v) is 4.23. The number of rotatable bonds is 5. The molecule has 150 valence electrons. The van der Waals surface area contributed by atoms with Crippen LogP contribution in [0.1, 0.15) is 16.2 Å². The first-order valence-corrected chi connectivity index (χ1v) is 9.10. The first-order valence-electron chi connectivity index (χ1n) is 8.73. The first-order chi connectivity index (χ1) is 14.5. The molecule has 0 saturated heterocycles. The Morgan fingerprint density at radius 1 is 1.03 bits per heavy atom. The van der Waals surface area contributed by atoms with E-state index in [0.717, 1.165) is 5.39 Å². The Balaban J connectivity index is 1.46. The number of nitrogens with one attached hydrogen (secondary N) is 1. The van der Waals surface area contributed by atoms with Gasteiger partial charge in [-0.05, 0) is 54.6 Å². The molecule has 3 N–H and O–H groups in total. The lowest BCUT2D eigenvalue weighted by Crippen LogP contribution is -2.11. The van der Waals surface area contributed by atoms with Gasteiger partial charge in [0.1, 0.15) is 11.0 Å². The summed E-state index contributed by atoms with van der Waals surface area (Å²) in [6.07, 6.45) is 0. The third kappa shape index (κ3) is 4.58. The molecular formula is C20H14ClFN6O2. The van der Waals surface area contributed by atoms with E-state index >= 15 is 0 Å². The minimum absolute atomic E-state index is 0.0469. The number of nitrogen functional groups attached to an aromatic ring is 1. The highest BCUT2D eigenvalue weighted by atomic mass is 35.5. The quantitative estimate of drug-likeness (QED) is 0.366. The van der Waals surface area contributed by atoms with Crippen molar-refractivity contribution < 1.29 is 13.9 Å². The maximum absolute atomic E-state index is 13.0. The predicted molar refractivity (Wildman–Crippen MR) is 110 cm³/mol. The van der Waals surface area contributed by atoms with Gasteiger partial charge in [-0.2, -0.15) is 15.0 Å². The molecule has 0 atom stereocenters. The zero-order chi connectivity index (χ0) is 21.1. The van der Waals surface area contributed by atoms with Crippen molar-refractivity contribution in [2.24, 2.45) is 0 Å². The number of fused-ring (bicyclic) bond motifs is 1. The van der Waals surface area contributed by atoms with Crippen molar-refractivity contribution in [3.05, 3.63) is 77.0 Å². The van der Waals surface area contributed by atoms with Crippen LogP contribution in [-0.2, 0) is 11.3 Å². The summed E-state index contributed by atoms with van der Waals surface area (Å²) >= 11 is 5.87. The number of hydrogen-bond acceptors (Lipinski definition) is 8. The Hall–Kier alpha value is -3.85. The summed E-state index contributed by atoms with van der Waals surface area (Å²) in [5.41, 5.74) is 7.29. The Bertz CT molecular complexity index is 1240. The van der Waals surface area contributed by atoms with Crippen molar-refractivity contribution in [3.8, 4) is 0 Å². The van der Waals surface area contributed by atoms with Gasteiger partial charge in [-0.25, -0.2) is 14.2 Å². The molecule has 0 spiro atoms. The minimum Gasteiger partial charge on any atom is -0.454 e. The van der Waals surface area contributed by atoms with E-state index in [1.807, 2.05) is 0 Å². The second-order valence-corrected chi connectivity index (χ2v) is 6.57. The molecule has 0 amide bonds. The molecule has 4 aromatic rings. The zero-order valence-electron chi connectivity index (χ0n) is 15.3. The number of ether oxygens (including phenoxy) is 1. The van der Waals surface area contributed by atoms with E-state index < -0.39 is 5.97 Å². The van der Waals surface area contributed by atoms with Gasteiger partial charge in [-0.1, -0.05) is 11.6 Å². The molecule has 2 heterocycles. The van der Waals surface area contributed by atoms with Gasteiger partial charge in [0.2, 0.25) is 11.9 Å². The SMILES string of the molecule is Nc1nc(COC(=O)c2ccc3nc(Cl)ccc3c2)nc(Nc2ccc(F)cc2)n1. The van der Waals surface area contributed by atoms with Gasteiger partial charge >= 0.3 is 5.97 Å². The summed E-state index contributed by atoms with van der Waals surface area (Å²) in [7, 11) is 0. The normalized spacial score (nSPS) is 10.7. The topological polar surface area (TPSA) is 116 Å². The maximum Gasteiger partial charge on any atom is 0.338 e. The number of halogens is 2. The van der Waals surface area contributed by atoms with Crippen LogP contribution in [0.2, 0.25) is 5.15 Å². The van der Waals surface area contributed by atoms with Gasteiger partial charge in [-0.3, -0.25) is 0 Å². The second-order valence-electron chi connectivity index (χ2n) is 6.18. The summed E-state index contributed by atoms with van der Waals surface area (Å²) < 4.78 is 18.3. The number of benzene rings is 2. The number of anilines is 3. The van der Waals surface area contributed by atoms with Crippen molar-refractivity contribution in [1.29, 1.82) is 0 Å². The van der Waals surface area contributed by atoms with Crippen LogP contribution in [0.3, 0.4) is 0 Å². The van der Waals surface area contributed by atoms with Crippen molar-refractivity contribution in [2.45, 2.75) is 6.61 Å². The smallest absolute Gasteiger partial charge is 0.338 e. The van der Waals surface area contributed by atoms with Gasteiger partial charge in [0.25, 0.3) is 0 Å². The monoisotopic (exact) mass is 424 g/mol. The number of hydrogen-bond donors (Lipinski definition) is 2. The third-order valence-electron chi connectivity index (χ3n) is 4.02. The van der Waals surface area contributed by atoms with Crippen LogP contribution in [0, 0.1) is 5.82 Å². The molecule has 0 aliphatic carbocycles. The fourth-order valence-electron chi connectivity index (χ4n) is 2.66. The lowest BCUT2D eigenvalue weighted by Gasteiger charge is -2.08. The summed E-state index contributed by atoms with van der Waals surface area (Å²) in [5, 5.41) is 4.01. The van der Waals surface area contributed by atoms with E-state index in [1.54, 1.807) is 30.3 Å². The van der Waals surface area contributed by atoms with Crippen molar-refractivity contribution in [1.82, 2.24) is 19.9 Å². The van der Waals surface area contributed by atoms with Crippen LogP contribution in [0.15, 0.2) is 54.6 Å². The number of nitrogens with two attached hydrogens (primary N) is 1. The molecule has 2 aromatic heterocycles. The number of pyridine rings is 1. The van der Waals surface area contributed by atoms with E-state index in [4.69, 9.17) is 22.1 Å². The van der Waals surface area contributed by atoms with Gasteiger partial charge < -0.3 is 15.8 Å². The Kier molecular flexibility index (Phi) is 5.36. The van der Waals surface area contributed by atoms with Gasteiger partial charge in [0.15, 0.2) is 12.4 Å². The molecule has 0 unspecified atom stereocenters. The molecule has 10 heteroatoms. The molecule has 0 fully saturated rings. The summed E-state index contributed by atoms with van der Waals surface area (Å²) in [6.45, 7) is -0.208.